The van der Waals surface area contributed by atoms with Gasteiger partial charge in [-0.2, -0.15) is 0 Å². The van der Waals surface area contributed by atoms with Gasteiger partial charge < -0.3 is 0 Å². The van der Waals surface area contributed by atoms with Gasteiger partial charge in [-0.25, -0.2) is 8.78 Å². The molecule has 25 heavy (non-hydrogen) atoms. The lowest BCUT2D eigenvalue weighted by Gasteiger charge is -2.38. The van der Waals surface area contributed by atoms with Crippen molar-refractivity contribution in [1.29, 1.82) is 0 Å². The fraction of sp³-hybridized carbons (Fsp3) is 0.739. The van der Waals surface area contributed by atoms with Crippen molar-refractivity contribution >= 4 is 0 Å². The largest absolute Gasteiger partial charge is 0.207 e. The van der Waals surface area contributed by atoms with Crippen molar-refractivity contribution in [3.8, 4) is 0 Å². The van der Waals surface area contributed by atoms with E-state index in [1.54, 1.807) is 6.07 Å². The van der Waals surface area contributed by atoms with E-state index in [0.717, 1.165) is 36.7 Å². The molecule has 2 heteroatoms. The first-order valence-electron chi connectivity index (χ1n) is 10.7. The second-order valence-electron chi connectivity index (χ2n) is 8.44. The lowest BCUT2D eigenvalue weighted by Crippen LogP contribution is -2.27. The van der Waals surface area contributed by atoms with E-state index in [4.69, 9.17) is 0 Å². The van der Waals surface area contributed by atoms with Crippen LogP contribution in [0, 0.1) is 29.4 Å². The molecule has 0 heterocycles. The van der Waals surface area contributed by atoms with E-state index in [0.29, 0.717) is 5.56 Å². The fourth-order valence-electron chi connectivity index (χ4n) is 5.40. The summed E-state index contributed by atoms with van der Waals surface area (Å²) in [7, 11) is 0. The van der Waals surface area contributed by atoms with Gasteiger partial charge in [0.15, 0.2) is 0 Å². The first-order chi connectivity index (χ1) is 12.2. The highest BCUT2D eigenvalue weighted by Gasteiger charge is 2.30. The maximum absolute atomic E-state index is 13.8. The average molecular weight is 349 g/mol. The summed E-state index contributed by atoms with van der Waals surface area (Å²) in [5.41, 5.74) is 0.674. The van der Waals surface area contributed by atoms with Crippen LogP contribution in [0.25, 0.3) is 0 Å². The van der Waals surface area contributed by atoms with Gasteiger partial charge in [-0.15, -0.1) is 0 Å². The van der Waals surface area contributed by atoms with Gasteiger partial charge in [-0.1, -0.05) is 76.7 Å². The summed E-state index contributed by atoms with van der Waals surface area (Å²) in [6, 6.07) is 4.01. The topological polar surface area (TPSA) is 0 Å². The third-order valence-corrected chi connectivity index (χ3v) is 6.76. The van der Waals surface area contributed by atoms with Crippen molar-refractivity contribution in [2.24, 2.45) is 17.8 Å². The van der Waals surface area contributed by atoms with E-state index in [1.165, 1.54) is 83.1 Å². The number of benzene rings is 1. The lowest BCUT2D eigenvalue weighted by molar-refractivity contribution is 0.132. The Labute approximate surface area is 152 Å². The zero-order valence-corrected chi connectivity index (χ0v) is 15.6. The molecule has 0 unspecified atom stereocenters. The Hall–Kier alpha value is -0.920. The fourth-order valence-corrected chi connectivity index (χ4v) is 5.40. The Balaban J connectivity index is 1.50. The summed E-state index contributed by atoms with van der Waals surface area (Å²) in [5.74, 6) is 1.93. The quantitative estimate of drug-likeness (QED) is 0.449. The summed E-state index contributed by atoms with van der Waals surface area (Å²) in [6.45, 7) is 0. The molecule has 0 spiro atoms. The highest BCUT2D eigenvalue weighted by Crippen LogP contribution is 2.42. The molecule has 1 aromatic carbocycles. The minimum atomic E-state index is -0.476. The smallest absolute Gasteiger partial charge is 0.129 e. The van der Waals surface area contributed by atoms with Crippen molar-refractivity contribution < 1.29 is 8.78 Å². The molecule has 2 fully saturated rings. The van der Waals surface area contributed by atoms with Crippen molar-refractivity contribution in [1.82, 2.24) is 0 Å². The maximum Gasteiger partial charge on any atom is 0.129 e. The number of hydrogen-bond acceptors (Lipinski definition) is 0. The zero-order valence-electron chi connectivity index (χ0n) is 15.6. The molecule has 3 rings (SSSR count). The van der Waals surface area contributed by atoms with E-state index >= 15 is 0 Å². The van der Waals surface area contributed by atoms with Gasteiger partial charge in [0.25, 0.3) is 0 Å². The third kappa shape index (κ3) is 5.53. The molecule has 2 aliphatic rings. The molecule has 0 saturated heterocycles. The first kappa shape index (κ1) is 18.9. The van der Waals surface area contributed by atoms with Crippen LogP contribution in [0.15, 0.2) is 18.2 Å². The predicted molar refractivity (Wildman–Crippen MR) is 101 cm³/mol. The van der Waals surface area contributed by atoms with Gasteiger partial charge in [0.2, 0.25) is 0 Å². The van der Waals surface area contributed by atoms with Crippen molar-refractivity contribution in [3.05, 3.63) is 35.4 Å². The van der Waals surface area contributed by atoms with E-state index in [2.05, 4.69) is 0 Å². The van der Waals surface area contributed by atoms with E-state index in [1.807, 2.05) is 0 Å². The second-order valence-corrected chi connectivity index (χ2v) is 8.44. The molecule has 2 saturated carbocycles. The van der Waals surface area contributed by atoms with Gasteiger partial charge in [-0.05, 0) is 48.6 Å². The summed E-state index contributed by atoms with van der Waals surface area (Å²) in [4.78, 5) is 0. The molecule has 0 amide bonds. The monoisotopic (exact) mass is 348 g/mol. The molecular formula is C23H34F2. The summed E-state index contributed by atoms with van der Waals surface area (Å²) >= 11 is 0. The molecule has 0 bridgehead atoms. The molecule has 0 nitrogen and oxygen atoms in total. The Morgan fingerprint density at radius 2 is 1.40 bits per heavy atom. The third-order valence-electron chi connectivity index (χ3n) is 6.76. The Bertz CT molecular complexity index is 495. The average Bonchev–Trinajstić information content (AvgIpc) is 2.65. The van der Waals surface area contributed by atoms with Crippen LogP contribution in [0.5, 0.6) is 0 Å². The van der Waals surface area contributed by atoms with Gasteiger partial charge in [0, 0.05) is 6.07 Å². The molecule has 0 atom stereocenters. The molecule has 0 radical (unpaired) electrons. The predicted octanol–water partition coefficient (Wildman–Crippen LogP) is 7.45. The summed E-state index contributed by atoms with van der Waals surface area (Å²) < 4.78 is 26.8. The standard InChI is InChI=1S/C23H34F2/c24-21-16-15-20(23(25)17-21)13-7-8-14-22(18-9-3-1-4-10-18)19-11-5-2-6-12-19/h15-19,22H,1-14H2. The number of halogens is 2. The van der Waals surface area contributed by atoms with Crippen molar-refractivity contribution in [3.63, 3.8) is 0 Å². The number of aryl methyl sites for hydroxylation is 1. The van der Waals surface area contributed by atoms with Crippen molar-refractivity contribution in [2.45, 2.75) is 89.9 Å². The summed E-state index contributed by atoms with van der Waals surface area (Å²) in [5, 5.41) is 0. The first-order valence-corrected chi connectivity index (χ1v) is 10.7. The van der Waals surface area contributed by atoms with Gasteiger partial charge in [0.05, 0.1) is 0 Å². The number of rotatable bonds is 7. The summed E-state index contributed by atoms with van der Waals surface area (Å²) in [6.07, 6.45) is 18.6. The van der Waals surface area contributed by atoms with Crippen LogP contribution < -0.4 is 0 Å². The molecule has 1 aromatic rings. The van der Waals surface area contributed by atoms with E-state index < -0.39 is 5.82 Å². The van der Waals surface area contributed by atoms with Crippen LogP contribution >= 0.6 is 0 Å². The van der Waals surface area contributed by atoms with Crippen LogP contribution in [0.3, 0.4) is 0 Å². The minimum Gasteiger partial charge on any atom is -0.207 e. The Morgan fingerprint density at radius 3 is 1.96 bits per heavy atom. The second kappa shape index (κ2) is 9.69. The molecule has 0 N–H and O–H groups in total. The van der Waals surface area contributed by atoms with Crippen LogP contribution in [0.1, 0.15) is 89.0 Å². The molecule has 140 valence electrons. The lowest BCUT2D eigenvalue weighted by atomic mass is 9.68. The van der Waals surface area contributed by atoms with Gasteiger partial charge in [0.1, 0.15) is 11.6 Å². The van der Waals surface area contributed by atoms with Crippen LogP contribution in [-0.2, 0) is 6.42 Å². The highest BCUT2D eigenvalue weighted by molar-refractivity contribution is 5.18. The Morgan fingerprint density at radius 1 is 0.800 bits per heavy atom. The van der Waals surface area contributed by atoms with Crippen LogP contribution in [-0.4, -0.2) is 0 Å². The number of hydrogen-bond donors (Lipinski definition) is 0. The Kier molecular flexibility index (Phi) is 7.31. The van der Waals surface area contributed by atoms with E-state index in [9.17, 15) is 8.78 Å². The molecule has 0 aromatic heterocycles. The van der Waals surface area contributed by atoms with Crippen LogP contribution in [0.4, 0.5) is 8.78 Å². The van der Waals surface area contributed by atoms with E-state index in [-0.39, 0.29) is 5.82 Å². The molecule has 0 aliphatic heterocycles. The van der Waals surface area contributed by atoms with Crippen molar-refractivity contribution in [2.75, 3.05) is 0 Å². The highest BCUT2D eigenvalue weighted by atomic mass is 19.1. The SMILES string of the molecule is Fc1ccc(CCCCC(C2CCCCC2)C2CCCCC2)c(F)c1. The normalized spacial score (nSPS) is 20.3. The molecule has 2 aliphatic carbocycles. The molecular weight excluding hydrogens is 314 g/mol. The minimum absolute atomic E-state index is 0.379. The van der Waals surface area contributed by atoms with Crippen LogP contribution in [0.2, 0.25) is 0 Å². The van der Waals surface area contributed by atoms with Gasteiger partial charge in [-0.3, -0.25) is 0 Å². The zero-order chi connectivity index (χ0) is 17.5. The number of unbranched alkanes of at least 4 members (excludes halogenated alkanes) is 1. The maximum atomic E-state index is 13.8. The van der Waals surface area contributed by atoms with Gasteiger partial charge >= 0.3 is 0 Å².